The van der Waals surface area contributed by atoms with Crippen LogP contribution in [0.25, 0.3) is 9.81 Å². The normalized spacial score (nSPS) is 17.9. The Kier molecular flexibility index (Phi) is 4.27. The Morgan fingerprint density at radius 1 is 0.952 bits per heavy atom. The molecule has 2 aromatic rings. The maximum Gasteiger partial charge on any atom is 0.118 e. The van der Waals surface area contributed by atoms with Gasteiger partial charge >= 0.3 is 0 Å². The minimum atomic E-state index is -1.12. The van der Waals surface area contributed by atoms with Crippen LogP contribution in [0.5, 0.6) is 5.75 Å². The molecule has 1 heterocycles. The van der Waals surface area contributed by atoms with Gasteiger partial charge in [0.05, 0.1) is 22.8 Å². The van der Waals surface area contributed by atoms with Gasteiger partial charge in [-0.1, -0.05) is 54.2 Å². The maximum absolute atomic E-state index is 12.4. The van der Waals surface area contributed by atoms with Crippen LogP contribution in [0, 0.1) is 0 Å². The van der Waals surface area contributed by atoms with E-state index >= 15 is 0 Å². The fraction of sp³-hybridized carbons (Fsp3) is 0.0588. The molecule has 0 saturated heterocycles. The molecule has 1 unspecified atom stereocenters. The minimum absolute atomic E-state index is 0.821. The van der Waals surface area contributed by atoms with Crippen molar-refractivity contribution in [1.82, 2.24) is 0 Å². The van der Waals surface area contributed by atoms with Crippen LogP contribution < -0.4 is 4.74 Å². The monoisotopic (exact) mass is 314 g/mol. The summed E-state index contributed by atoms with van der Waals surface area (Å²) in [5.74, 6) is 0.821. The largest absolute Gasteiger partial charge is 0.497 e. The molecule has 0 bridgehead atoms. The van der Waals surface area contributed by atoms with E-state index < -0.39 is 10.8 Å². The van der Waals surface area contributed by atoms with E-state index in [-0.39, 0.29) is 0 Å². The number of methoxy groups -OCH3 is 1. The van der Waals surface area contributed by atoms with Crippen LogP contribution in [0.3, 0.4) is 0 Å². The molecule has 3 rings (SSSR count). The highest BCUT2D eigenvalue weighted by atomic mass is 32.2. The molecule has 4 heteroatoms. The Hall–Kier alpha value is -1.78. The zero-order chi connectivity index (χ0) is 14.7. The van der Waals surface area contributed by atoms with Gasteiger partial charge in [-0.25, -0.2) is 4.21 Å². The van der Waals surface area contributed by atoms with Gasteiger partial charge in [-0.3, -0.25) is 0 Å². The molecule has 1 atom stereocenters. The van der Waals surface area contributed by atoms with E-state index in [0.29, 0.717) is 0 Å². The van der Waals surface area contributed by atoms with E-state index in [2.05, 4.69) is 0 Å². The molecular formula is C17H14O2S2. The van der Waals surface area contributed by atoms with Crippen molar-refractivity contribution >= 4 is 32.4 Å². The van der Waals surface area contributed by atoms with E-state index in [4.69, 9.17) is 4.74 Å². The standard InChI is InChI=1S/C17H14O2S2/c1-19-15-9-7-13(8-10-15)16-12-21(18)17(11-20-16)14-5-3-2-4-6-14/h2-12H,1H3. The molecule has 0 amide bonds. The zero-order valence-corrected chi connectivity index (χ0v) is 13.1. The Morgan fingerprint density at radius 3 is 2.29 bits per heavy atom. The fourth-order valence-electron chi connectivity index (χ4n) is 2.03. The van der Waals surface area contributed by atoms with Crippen LogP contribution in [-0.4, -0.2) is 11.3 Å². The third-order valence-electron chi connectivity index (χ3n) is 3.16. The summed E-state index contributed by atoms with van der Waals surface area (Å²) < 4.78 is 17.6. The van der Waals surface area contributed by atoms with E-state index in [0.717, 1.165) is 26.7 Å². The molecule has 0 fully saturated rings. The number of hydrogen-bond acceptors (Lipinski definition) is 3. The quantitative estimate of drug-likeness (QED) is 0.835. The second kappa shape index (κ2) is 6.33. The topological polar surface area (TPSA) is 26.3 Å². The van der Waals surface area contributed by atoms with Crippen LogP contribution >= 0.6 is 11.8 Å². The van der Waals surface area contributed by atoms with Gasteiger partial charge in [-0.05, 0) is 28.7 Å². The summed E-state index contributed by atoms with van der Waals surface area (Å²) in [6, 6.07) is 17.6. The Labute approximate surface area is 131 Å². The van der Waals surface area contributed by atoms with Gasteiger partial charge in [0, 0.05) is 10.3 Å². The van der Waals surface area contributed by atoms with Gasteiger partial charge in [0.15, 0.2) is 0 Å². The minimum Gasteiger partial charge on any atom is -0.497 e. The van der Waals surface area contributed by atoms with E-state index in [1.165, 1.54) is 0 Å². The second-order valence-electron chi connectivity index (χ2n) is 4.47. The molecule has 2 nitrogen and oxygen atoms in total. The summed E-state index contributed by atoms with van der Waals surface area (Å²) in [5, 5.41) is 3.79. The second-order valence-corrected chi connectivity index (χ2v) is 6.66. The van der Waals surface area contributed by atoms with Crippen LogP contribution in [0.2, 0.25) is 0 Å². The third kappa shape index (κ3) is 3.12. The summed E-state index contributed by atoms with van der Waals surface area (Å²) in [6.45, 7) is 0. The van der Waals surface area contributed by atoms with Gasteiger partial charge in [0.1, 0.15) is 5.75 Å². The number of benzene rings is 2. The van der Waals surface area contributed by atoms with Crippen LogP contribution in [0.1, 0.15) is 11.1 Å². The molecule has 0 saturated carbocycles. The molecule has 2 aromatic carbocycles. The van der Waals surface area contributed by atoms with Gasteiger partial charge in [-0.2, -0.15) is 0 Å². The lowest BCUT2D eigenvalue weighted by molar-refractivity contribution is 0.415. The molecule has 1 aliphatic rings. The molecule has 106 valence electrons. The fourth-order valence-corrected chi connectivity index (χ4v) is 4.51. The molecule has 0 radical (unpaired) electrons. The zero-order valence-electron chi connectivity index (χ0n) is 11.5. The Morgan fingerprint density at radius 2 is 1.67 bits per heavy atom. The van der Waals surface area contributed by atoms with Crippen molar-refractivity contribution < 1.29 is 8.95 Å². The van der Waals surface area contributed by atoms with Crippen molar-refractivity contribution in [2.75, 3.05) is 7.11 Å². The molecule has 21 heavy (non-hydrogen) atoms. The van der Waals surface area contributed by atoms with Gasteiger partial charge in [0.25, 0.3) is 0 Å². The van der Waals surface area contributed by atoms with Crippen molar-refractivity contribution in [2.45, 2.75) is 0 Å². The smallest absolute Gasteiger partial charge is 0.118 e. The van der Waals surface area contributed by atoms with Crippen molar-refractivity contribution in [1.29, 1.82) is 0 Å². The average Bonchev–Trinajstić information content (AvgIpc) is 2.55. The number of rotatable bonds is 3. The summed E-state index contributed by atoms with van der Waals surface area (Å²) in [4.78, 5) is 1.87. The lowest BCUT2D eigenvalue weighted by Crippen LogP contribution is -1.96. The Balaban J connectivity index is 1.84. The number of hydrogen-bond donors (Lipinski definition) is 0. The van der Waals surface area contributed by atoms with E-state index in [1.807, 2.05) is 65.4 Å². The SMILES string of the molecule is COc1ccc(C2=CS(=O)C(c3ccccc3)=CS2)cc1. The highest BCUT2D eigenvalue weighted by Gasteiger charge is 2.16. The molecule has 1 aliphatic heterocycles. The number of ether oxygens (including phenoxy) is 1. The van der Waals surface area contributed by atoms with Crippen molar-refractivity contribution in [3.63, 3.8) is 0 Å². The van der Waals surface area contributed by atoms with Gasteiger partial charge < -0.3 is 4.74 Å². The summed E-state index contributed by atoms with van der Waals surface area (Å²) >= 11 is 1.60. The van der Waals surface area contributed by atoms with E-state index in [1.54, 1.807) is 18.9 Å². The molecule has 0 spiro atoms. The summed E-state index contributed by atoms with van der Waals surface area (Å²) in [7, 11) is 0.527. The van der Waals surface area contributed by atoms with Crippen LogP contribution in [0.15, 0.2) is 65.4 Å². The molecule has 0 N–H and O–H groups in total. The Bertz CT molecular complexity index is 716. The first-order valence-electron chi connectivity index (χ1n) is 6.47. The highest BCUT2D eigenvalue weighted by molar-refractivity contribution is 8.14. The van der Waals surface area contributed by atoms with E-state index in [9.17, 15) is 4.21 Å². The van der Waals surface area contributed by atoms with Crippen molar-refractivity contribution in [3.05, 3.63) is 76.5 Å². The lowest BCUT2D eigenvalue weighted by Gasteiger charge is -2.13. The molecular weight excluding hydrogens is 300 g/mol. The molecule has 0 aromatic heterocycles. The number of thioether (sulfide) groups is 1. The lowest BCUT2D eigenvalue weighted by atomic mass is 10.2. The summed E-state index contributed by atoms with van der Waals surface area (Å²) in [5.41, 5.74) is 2.06. The van der Waals surface area contributed by atoms with Gasteiger partial charge in [-0.15, -0.1) is 0 Å². The average molecular weight is 314 g/mol. The molecule has 0 aliphatic carbocycles. The van der Waals surface area contributed by atoms with Crippen molar-refractivity contribution in [2.24, 2.45) is 0 Å². The van der Waals surface area contributed by atoms with Crippen LogP contribution in [-0.2, 0) is 10.8 Å². The highest BCUT2D eigenvalue weighted by Crippen LogP contribution is 2.38. The van der Waals surface area contributed by atoms with Crippen LogP contribution in [0.4, 0.5) is 0 Å². The predicted molar refractivity (Wildman–Crippen MR) is 91.1 cm³/mol. The first-order valence-corrected chi connectivity index (χ1v) is 8.56. The maximum atomic E-state index is 12.4. The predicted octanol–water partition coefficient (Wildman–Crippen LogP) is 4.49. The first-order chi connectivity index (χ1) is 10.3. The van der Waals surface area contributed by atoms with Crippen molar-refractivity contribution in [3.8, 4) is 5.75 Å². The summed E-state index contributed by atoms with van der Waals surface area (Å²) in [6.07, 6.45) is 0. The van der Waals surface area contributed by atoms with Gasteiger partial charge in [0.2, 0.25) is 0 Å². The third-order valence-corrected chi connectivity index (χ3v) is 5.65. The first kappa shape index (κ1) is 14.2.